The fourth-order valence-corrected chi connectivity index (χ4v) is 5.77. The molecule has 2 aromatic rings. The molecule has 3 N–H and O–H groups in total. The van der Waals surface area contributed by atoms with E-state index >= 15 is 0 Å². The number of nitrogens with zero attached hydrogens (tertiary/aromatic N) is 5. The Labute approximate surface area is 204 Å². The molecule has 35 heavy (non-hydrogen) atoms. The van der Waals surface area contributed by atoms with Crippen molar-refractivity contribution < 1.29 is 19.4 Å². The third-order valence-corrected chi connectivity index (χ3v) is 7.87. The summed E-state index contributed by atoms with van der Waals surface area (Å²) in [6.07, 6.45) is 9.54. The van der Waals surface area contributed by atoms with Crippen LogP contribution < -0.4 is 20.3 Å². The van der Waals surface area contributed by atoms with Crippen LogP contribution in [0, 0.1) is 11.3 Å². The number of carboxylic acids is 1. The highest BCUT2D eigenvalue weighted by Gasteiger charge is 2.39. The second kappa shape index (κ2) is 9.31. The monoisotopic (exact) mass is 480 g/mol. The molecule has 186 valence electrons. The largest absolute Gasteiger partial charge is 0.481 e. The molecule has 1 saturated carbocycles. The lowest BCUT2D eigenvalue weighted by atomic mass is 9.65. The minimum Gasteiger partial charge on any atom is -0.481 e. The van der Waals surface area contributed by atoms with Crippen LogP contribution >= 0.6 is 0 Å². The van der Waals surface area contributed by atoms with E-state index in [-0.39, 0.29) is 29.3 Å². The Balaban J connectivity index is 1.24. The van der Waals surface area contributed by atoms with Crippen molar-refractivity contribution in [1.29, 1.82) is 0 Å². The van der Waals surface area contributed by atoms with Crippen molar-refractivity contribution in [2.75, 3.05) is 35.2 Å². The molecular formula is C25H32N6O4. The number of carbonyl (C=O) groups excluding carboxylic acids is 1. The van der Waals surface area contributed by atoms with Crippen molar-refractivity contribution in [1.82, 2.24) is 15.0 Å². The van der Waals surface area contributed by atoms with Gasteiger partial charge in [-0.2, -0.15) is 0 Å². The number of carbonyl (C=O) groups is 2. The maximum absolute atomic E-state index is 13.3. The van der Waals surface area contributed by atoms with Gasteiger partial charge in [0.05, 0.1) is 18.4 Å². The number of aromatic nitrogens is 3. The molecule has 10 nitrogen and oxygen atoms in total. The topological polar surface area (TPSA) is 135 Å². The number of hydrogen-bond acceptors (Lipinski definition) is 8. The molecule has 2 aromatic heterocycles. The Bertz CT molecular complexity index is 1090. The van der Waals surface area contributed by atoms with Crippen LogP contribution in [0.1, 0.15) is 62.2 Å². The number of ether oxygens (including phenoxy) is 1. The van der Waals surface area contributed by atoms with Crippen LogP contribution in [0.4, 0.5) is 17.3 Å². The second-order valence-corrected chi connectivity index (χ2v) is 10.2. The number of carboxylic acid groups (broad SMARTS) is 1. The molecule has 0 bridgehead atoms. The molecule has 1 amide bonds. The van der Waals surface area contributed by atoms with Crippen molar-refractivity contribution in [3.8, 4) is 5.88 Å². The molecule has 1 aliphatic carbocycles. The van der Waals surface area contributed by atoms with E-state index in [9.17, 15) is 9.59 Å². The van der Waals surface area contributed by atoms with Crippen molar-refractivity contribution >= 4 is 29.2 Å². The molecule has 2 aliphatic heterocycles. The predicted molar refractivity (Wildman–Crippen MR) is 131 cm³/mol. The van der Waals surface area contributed by atoms with Crippen LogP contribution in [-0.2, 0) is 4.79 Å². The van der Waals surface area contributed by atoms with Gasteiger partial charge in [0.25, 0.3) is 5.91 Å². The summed E-state index contributed by atoms with van der Waals surface area (Å²) in [6.45, 7) is 4.11. The lowest BCUT2D eigenvalue weighted by molar-refractivity contribution is -0.138. The van der Waals surface area contributed by atoms with E-state index < -0.39 is 5.97 Å². The van der Waals surface area contributed by atoms with Crippen molar-refractivity contribution in [3.05, 3.63) is 30.2 Å². The number of nitrogen functional groups attached to an aromatic ring is 1. The predicted octanol–water partition coefficient (Wildman–Crippen LogP) is 3.13. The lowest BCUT2D eigenvalue weighted by Gasteiger charge is -2.46. The van der Waals surface area contributed by atoms with Gasteiger partial charge in [-0.3, -0.25) is 9.59 Å². The molecule has 0 unspecified atom stereocenters. The smallest absolute Gasteiger partial charge is 0.303 e. The molecule has 0 radical (unpaired) electrons. The third kappa shape index (κ3) is 4.74. The average Bonchev–Trinajstić information content (AvgIpc) is 2.97. The van der Waals surface area contributed by atoms with E-state index in [0.29, 0.717) is 30.0 Å². The first kappa shape index (κ1) is 23.3. The zero-order valence-corrected chi connectivity index (χ0v) is 20.0. The van der Waals surface area contributed by atoms with Gasteiger partial charge in [-0.05, 0) is 68.9 Å². The van der Waals surface area contributed by atoms with Crippen LogP contribution in [0.3, 0.4) is 0 Å². The van der Waals surface area contributed by atoms with E-state index in [1.807, 2.05) is 19.1 Å². The molecule has 3 aliphatic rings. The molecular weight excluding hydrogens is 448 g/mol. The van der Waals surface area contributed by atoms with Gasteiger partial charge in [-0.25, -0.2) is 15.0 Å². The van der Waals surface area contributed by atoms with E-state index in [1.54, 1.807) is 11.1 Å². The van der Waals surface area contributed by atoms with Crippen molar-refractivity contribution in [2.24, 2.45) is 11.3 Å². The Kier molecular flexibility index (Phi) is 6.21. The number of piperidine rings is 1. The van der Waals surface area contributed by atoms with Crippen LogP contribution in [-0.4, -0.2) is 57.7 Å². The summed E-state index contributed by atoms with van der Waals surface area (Å²) >= 11 is 0. The zero-order chi connectivity index (χ0) is 24.6. The minimum atomic E-state index is -0.680. The highest BCUT2D eigenvalue weighted by atomic mass is 16.5. The highest BCUT2D eigenvalue weighted by molar-refractivity contribution is 6.10. The third-order valence-electron chi connectivity index (χ3n) is 7.87. The number of amides is 1. The Morgan fingerprint density at radius 1 is 1.17 bits per heavy atom. The molecule has 5 rings (SSSR count). The Morgan fingerprint density at radius 3 is 2.57 bits per heavy atom. The number of anilines is 3. The maximum atomic E-state index is 13.3. The van der Waals surface area contributed by atoms with Gasteiger partial charge in [-0.1, -0.05) is 0 Å². The molecule has 4 heterocycles. The normalized spacial score (nSPS) is 22.4. The Morgan fingerprint density at radius 2 is 1.91 bits per heavy atom. The molecule has 2 fully saturated rings. The molecule has 1 saturated heterocycles. The molecule has 0 aromatic carbocycles. The van der Waals surface area contributed by atoms with E-state index in [0.717, 1.165) is 57.4 Å². The summed E-state index contributed by atoms with van der Waals surface area (Å²) < 4.78 is 5.81. The Hall–Kier alpha value is -3.43. The SMILES string of the molecule is C[C@@H]1CN(c2ccc(N3CCC4(CCC(CC(=O)O)CC4)CC3)nc2)C(=O)c2c(N)ncnc2O1. The summed E-state index contributed by atoms with van der Waals surface area (Å²) in [7, 11) is 0. The molecule has 1 spiro atoms. The summed E-state index contributed by atoms with van der Waals surface area (Å²) in [6, 6.07) is 3.88. The van der Waals surface area contributed by atoms with Gasteiger partial charge < -0.3 is 25.4 Å². The van der Waals surface area contributed by atoms with Crippen LogP contribution in [0.15, 0.2) is 24.7 Å². The van der Waals surface area contributed by atoms with Gasteiger partial charge in [0.2, 0.25) is 5.88 Å². The van der Waals surface area contributed by atoms with Crippen LogP contribution in [0.25, 0.3) is 0 Å². The maximum Gasteiger partial charge on any atom is 0.303 e. The first-order valence-corrected chi connectivity index (χ1v) is 12.4. The lowest BCUT2D eigenvalue weighted by Crippen LogP contribution is -2.42. The zero-order valence-electron chi connectivity index (χ0n) is 20.0. The standard InChI is InChI=1S/C25H32N6O4/c1-16-14-31(24(34)21-22(26)28-15-29-23(21)35-16)18-2-3-19(27-13-18)30-10-8-25(9-11-30)6-4-17(5-7-25)12-20(32)33/h2-3,13,15-17H,4-12,14H2,1H3,(H,32,33)(H2,26,28,29)/t16-/m1/s1. The average molecular weight is 481 g/mol. The number of fused-ring (bicyclic) bond motifs is 1. The van der Waals surface area contributed by atoms with E-state index in [1.165, 1.54) is 6.33 Å². The number of aliphatic carboxylic acids is 1. The number of hydrogen-bond donors (Lipinski definition) is 2. The van der Waals surface area contributed by atoms with E-state index in [2.05, 4.69) is 19.9 Å². The van der Waals surface area contributed by atoms with Gasteiger partial charge in [0, 0.05) is 19.5 Å². The van der Waals surface area contributed by atoms with Crippen LogP contribution in [0.5, 0.6) is 5.88 Å². The number of pyridine rings is 1. The molecule has 10 heteroatoms. The summed E-state index contributed by atoms with van der Waals surface area (Å²) in [5.74, 6) is 0.562. The van der Waals surface area contributed by atoms with E-state index in [4.69, 9.17) is 15.6 Å². The number of rotatable bonds is 4. The highest BCUT2D eigenvalue weighted by Crippen LogP contribution is 2.47. The summed E-state index contributed by atoms with van der Waals surface area (Å²) in [5, 5.41) is 9.08. The van der Waals surface area contributed by atoms with Crippen molar-refractivity contribution in [3.63, 3.8) is 0 Å². The fourth-order valence-electron chi connectivity index (χ4n) is 5.77. The fraction of sp³-hybridized carbons (Fsp3) is 0.560. The van der Waals surface area contributed by atoms with Gasteiger partial charge in [0.15, 0.2) is 0 Å². The van der Waals surface area contributed by atoms with Gasteiger partial charge in [0.1, 0.15) is 29.6 Å². The van der Waals surface area contributed by atoms with Crippen molar-refractivity contribution in [2.45, 2.75) is 58.0 Å². The first-order chi connectivity index (χ1) is 16.8. The first-order valence-electron chi connectivity index (χ1n) is 12.4. The summed E-state index contributed by atoms with van der Waals surface area (Å²) in [5.41, 5.74) is 7.17. The van der Waals surface area contributed by atoms with Gasteiger partial charge in [-0.15, -0.1) is 0 Å². The number of nitrogens with two attached hydrogens (primary N) is 1. The second-order valence-electron chi connectivity index (χ2n) is 10.2. The summed E-state index contributed by atoms with van der Waals surface area (Å²) in [4.78, 5) is 40.9. The molecule has 1 atom stereocenters. The van der Waals surface area contributed by atoms with Gasteiger partial charge >= 0.3 is 5.97 Å². The minimum absolute atomic E-state index is 0.0999. The quantitative estimate of drug-likeness (QED) is 0.676. The van der Waals surface area contributed by atoms with Crippen LogP contribution in [0.2, 0.25) is 0 Å².